The van der Waals surface area contributed by atoms with Gasteiger partial charge in [0, 0.05) is 12.6 Å². The molecule has 1 fully saturated rings. The van der Waals surface area contributed by atoms with Crippen LogP contribution in [-0.2, 0) is 0 Å². The Labute approximate surface area is 120 Å². The molecule has 1 N–H and O–H groups in total. The van der Waals surface area contributed by atoms with E-state index in [1.54, 1.807) is 0 Å². The molecule has 4 heteroatoms. The SMILES string of the molecule is CC1CCCCN1CC(O)c1ccc2c(c1)OCCO2. The van der Waals surface area contributed by atoms with Gasteiger partial charge in [-0.1, -0.05) is 12.5 Å². The van der Waals surface area contributed by atoms with Gasteiger partial charge in [0.2, 0.25) is 0 Å². The van der Waals surface area contributed by atoms with Crippen molar-refractivity contribution in [2.45, 2.75) is 38.3 Å². The number of nitrogens with zero attached hydrogens (tertiary/aromatic N) is 1. The third kappa shape index (κ3) is 2.91. The van der Waals surface area contributed by atoms with Crippen LogP contribution >= 0.6 is 0 Å². The number of aliphatic hydroxyl groups excluding tert-OH is 1. The van der Waals surface area contributed by atoms with Crippen LogP contribution in [0.4, 0.5) is 0 Å². The Morgan fingerprint density at radius 2 is 2.05 bits per heavy atom. The second kappa shape index (κ2) is 6.02. The van der Waals surface area contributed by atoms with Crippen LogP contribution in [0.1, 0.15) is 37.9 Å². The quantitative estimate of drug-likeness (QED) is 0.921. The monoisotopic (exact) mass is 277 g/mol. The number of benzene rings is 1. The summed E-state index contributed by atoms with van der Waals surface area (Å²) in [5.41, 5.74) is 0.909. The van der Waals surface area contributed by atoms with E-state index in [1.165, 1.54) is 19.3 Å². The second-order valence-corrected chi connectivity index (χ2v) is 5.76. The van der Waals surface area contributed by atoms with E-state index in [2.05, 4.69) is 11.8 Å². The molecule has 2 atom stereocenters. The van der Waals surface area contributed by atoms with Gasteiger partial charge in [0.25, 0.3) is 0 Å². The highest BCUT2D eigenvalue weighted by Gasteiger charge is 2.22. The molecule has 1 saturated heterocycles. The Balaban J connectivity index is 1.68. The van der Waals surface area contributed by atoms with Crippen molar-refractivity contribution < 1.29 is 14.6 Å². The molecule has 3 rings (SSSR count). The molecule has 0 saturated carbocycles. The average Bonchev–Trinajstić information content (AvgIpc) is 2.49. The molecule has 0 radical (unpaired) electrons. The molecule has 20 heavy (non-hydrogen) atoms. The topological polar surface area (TPSA) is 41.9 Å². The number of ether oxygens (including phenoxy) is 2. The maximum atomic E-state index is 10.5. The molecule has 0 aliphatic carbocycles. The van der Waals surface area contributed by atoms with Crippen LogP contribution in [0, 0.1) is 0 Å². The first-order valence-corrected chi connectivity index (χ1v) is 7.56. The lowest BCUT2D eigenvalue weighted by molar-refractivity contribution is 0.0728. The molecule has 0 bridgehead atoms. The van der Waals surface area contributed by atoms with Gasteiger partial charge in [-0.3, -0.25) is 4.90 Å². The molecular weight excluding hydrogens is 254 g/mol. The van der Waals surface area contributed by atoms with Crippen molar-refractivity contribution >= 4 is 0 Å². The highest BCUT2D eigenvalue weighted by atomic mass is 16.6. The van der Waals surface area contributed by atoms with Gasteiger partial charge in [-0.2, -0.15) is 0 Å². The number of aliphatic hydroxyl groups is 1. The summed E-state index contributed by atoms with van der Waals surface area (Å²) in [5.74, 6) is 1.53. The molecule has 2 aliphatic rings. The first-order valence-electron chi connectivity index (χ1n) is 7.56. The summed E-state index contributed by atoms with van der Waals surface area (Å²) in [5, 5.41) is 10.5. The fourth-order valence-corrected chi connectivity index (χ4v) is 3.02. The second-order valence-electron chi connectivity index (χ2n) is 5.76. The zero-order valence-electron chi connectivity index (χ0n) is 12.0. The summed E-state index contributed by atoms with van der Waals surface area (Å²) >= 11 is 0. The van der Waals surface area contributed by atoms with Crippen LogP contribution in [0.25, 0.3) is 0 Å². The van der Waals surface area contributed by atoms with Crippen molar-refractivity contribution in [2.24, 2.45) is 0 Å². The molecule has 2 aliphatic heterocycles. The van der Waals surface area contributed by atoms with Gasteiger partial charge < -0.3 is 14.6 Å². The Hall–Kier alpha value is -1.26. The number of piperidine rings is 1. The lowest BCUT2D eigenvalue weighted by Crippen LogP contribution is -2.40. The Kier molecular flexibility index (Phi) is 4.13. The van der Waals surface area contributed by atoms with E-state index in [9.17, 15) is 5.11 Å². The first kappa shape index (κ1) is 13.7. The van der Waals surface area contributed by atoms with Crippen molar-refractivity contribution in [3.63, 3.8) is 0 Å². The van der Waals surface area contributed by atoms with Crippen molar-refractivity contribution in [2.75, 3.05) is 26.3 Å². The standard InChI is InChI=1S/C16H23NO3/c1-12-4-2-3-7-17(12)11-14(18)13-5-6-15-16(10-13)20-9-8-19-15/h5-6,10,12,14,18H,2-4,7-9,11H2,1H3. The molecule has 0 amide bonds. The lowest BCUT2D eigenvalue weighted by Gasteiger charge is -2.34. The molecule has 2 unspecified atom stereocenters. The van der Waals surface area contributed by atoms with Gasteiger partial charge in [0.15, 0.2) is 11.5 Å². The summed E-state index contributed by atoms with van der Waals surface area (Å²) in [6.45, 7) is 5.20. The average molecular weight is 277 g/mol. The Morgan fingerprint density at radius 1 is 1.25 bits per heavy atom. The Bertz CT molecular complexity index is 463. The summed E-state index contributed by atoms with van der Waals surface area (Å²) in [6, 6.07) is 6.31. The van der Waals surface area contributed by atoms with Gasteiger partial charge in [-0.15, -0.1) is 0 Å². The molecule has 4 nitrogen and oxygen atoms in total. The Morgan fingerprint density at radius 3 is 2.85 bits per heavy atom. The lowest BCUT2D eigenvalue weighted by atomic mass is 10.0. The van der Waals surface area contributed by atoms with Gasteiger partial charge in [-0.05, 0) is 44.0 Å². The van der Waals surface area contributed by atoms with Crippen molar-refractivity contribution in [1.82, 2.24) is 4.90 Å². The minimum Gasteiger partial charge on any atom is -0.486 e. The van der Waals surface area contributed by atoms with Crippen molar-refractivity contribution in [1.29, 1.82) is 0 Å². The van der Waals surface area contributed by atoms with E-state index in [0.717, 1.165) is 23.6 Å². The predicted molar refractivity (Wildman–Crippen MR) is 77.3 cm³/mol. The normalized spacial score (nSPS) is 24.4. The van der Waals surface area contributed by atoms with Crippen LogP contribution in [0.15, 0.2) is 18.2 Å². The molecule has 0 spiro atoms. The summed E-state index contributed by atoms with van der Waals surface area (Å²) < 4.78 is 11.1. The van der Waals surface area contributed by atoms with Gasteiger partial charge in [0.1, 0.15) is 13.2 Å². The van der Waals surface area contributed by atoms with Gasteiger partial charge in [-0.25, -0.2) is 0 Å². The smallest absolute Gasteiger partial charge is 0.161 e. The number of β-amino-alcohol motifs (C(OH)–C–C–N with tert-alkyl or cyclic N) is 1. The van der Waals surface area contributed by atoms with E-state index in [0.29, 0.717) is 25.8 Å². The summed E-state index contributed by atoms with van der Waals surface area (Å²) in [7, 11) is 0. The van der Waals surface area contributed by atoms with E-state index in [-0.39, 0.29) is 0 Å². The van der Waals surface area contributed by atoms with E-state index in [1.807, 2.05) is 18.2 Å². The van der Waals surface area contributed by atoms with Crippen LogP contribution in [0.2, 0.25) is 0 Å². The third-order valence-corrected chi connectivity index (χ3v) is 4.30. The van der Waals surface area contributed by atoms with Crippen LogP contribution in [-0.4, -0.2) is 42.4 Å². The molecule has 2 heterocycles. The maximum absolute atomic E-state index is 10.5. The van der Waals surface area contributed by atoms with E-state index < -0.39 is 6.10 Å². The first-order chi connectivity index (χ1) is 9.74. The van der Waals surface area contributed by atoms with Crippen LogP contribution in [0.5, 0.6) is 11.5 Å². The van der Waals surface area contributed by atoms with Crippen LogP contribution in [0.3, 0.4) is 0 Å². The van der Waals surface area contributed by atoms with Gasteiger partial charge >= 0.3 is 0 Å². The van der Waals surface area contributed by atoms with E-state index in [4.69, 9.17) is 9.47 Å². The van der Waals surface area contributed by atoms with Crippen molar-refractivity contribution in [3.8, 4) is 11.5 Å². The minimum absolute atomic E-state index is 0.466. The van der Waals surface area contributed by atoms with Crippen molar-refractivity contribution in [3.05, 3.63) is 23.8 Å². The summed E-state index contributed by atoms with van der Waals surface area (Å²) in [6.07, 6.45) is 3.30. The van der Waals surface area contributed by atoms with Gasteiger partial charge in [0.05, 0.1) is 6.10 Å². The number of rotatable bonds is 3. The third-order valence-electron chi connectivity index (χ3n) is 4.30. The number of hydrogen-bond acceptors (Lipinski definition) is 4. The summed E-state index contributed by atoms with van der Waals surface area (Å²) in [4.78, 5) is 2.38. The molecular formula is C16H23NO3. The largest absolute Gasteiger partial charge is 0.486 e. The zero-order chi connectivity index (χ0) is 13.9. The highest BCUT2D eigenvalue weighted by Crippen LogP contribution is 2.33. The fourth-order valence-electron chi connectivity index (χ4n) is 3.02. The fraction of sp³-hybridized carbons (Fsp3) is 0.625. The van der Waals surface area contributed by atoms with E-state index >= 15 is 0 Å². The maximum Gasteiger partial charge on any atom is 0.161 e. The molecule has 1 aromatic carbocycles. The zero-order valence-corrected chi connectivity index (χ0v) is 12.0. The number of likely N-dealkylation sites (tertiary alicyclic amines) is 1. The molecule has 0 aromatic heterocycles. The highest BCUT2D eigenvalue weighted by molar-refractivity contribution is 5.44. The molecule has 110 valence electrons. The number of hydrogen-bond donors (Lipinski definition) is 1. The number of fused-ring (bicyclic) bond motifs is 1. The minimum atomic E-state index is -0.466. The predicted octanol–water partition coefficient (Wildman–Crippen LogP) is 2.37. The van der Waals surface area contributed by atoms with Crippen LogP contribution < -0.4 is 9.47 Å². The molecule has 1 aromatic rings.